The lowest BCUT2D eigenvalue weighted by Crippen LogP contribution is -2.05. The molecule has 5 heteroatoms. The predicted molar refractivity (Wildman–Crippen MR) is 84.9 cm³/mol. The van der Waals surface area contributed by atoms with Crippen LogP contribution < -0.4 is 5.32 Å². The molecule has 21 heavy (non-hydrogen) atoms. The van der Waals surface area contributed by atoms with Crippen molar-refractivity contribution >= 4 is 29.4 Å². The van der Waals surface area contributed by atoms with Gasteiger partial charge in [-0.05, 0) is 28.8 Å². The Bertz CT molecular complexity index is 716. The number of rotatable bonds is 4. The Hall–Kier alpha value is -3.04. The molecule has 0 spiro atoms. The first-order valence-electron chi connectivity index (χ1n) is 6.39. The van der Waals surface area contributed by atoms with E-state index in [0.29, 0.717) is 11.4 Å². The Morgan fingerprint density at radius 1 is 1.14 bits per heavy atom. The van der Waals surface area contributed by atoms with Crippen LogP contribution in [-0.4, -0.2) is 5.91 Å². The van der Waals surface area contributed by atoms with Crippen LogP contribution in [0.15, 0.2) is 53.6 Å². The molecule has 0 bridgehead atoms. The fourth-order valence-corrected chi connectivity index (χ4v) is 1.84. The summed E-state index contributed by atoms with van der Waals surface area (Å²) in [7, 11) is 0. The first kappa shape index (κ1) is 14.4. The molecule has 0 aliphatic heterocycles. The molecular formula is C16H14N4O. The van der Waals surface area contributed by atoms with Crippen molar-refractivity contribution in [3.8, 4) is 0 Å². The molecule has 0 heterocycles. The maximum absolute atomic E-state index is 11.1. The highest BCUT2D eigenvalue weighted by Gasteiger charge is 2.03. The van der Waals surface area contributed by atoms with Gasteiger partial charge >= 0.3 is 0 Å². The molecule has 2 rings (SSSR count). The largest absolute Gasteiger partial charge is 0.326 e. The van der Waals surface area contributed by atoms with E-state index in [2.05, 4.69) is 15.3 Å². The maximum atomic E-state index is 11.1. The number of nitrogens with zero attached hydrogens (tertiary/aromatic N) is 3. The van der Waals surface area contributed by atoms with Gasteiger partial charge in [-0.1, -0.05) is 53.7 Å². The van der Waals surface area contributed by atoms with E-state index in [1.165, 1.54) is 6.92 Å². The van der Waals surface area contributed by atoms with Gasteiger partial charge in [-0.15, -0.1) is 0 Å². The molecule has 1 amide bonds. The molecule has 104 valence electrons. The number of hydrogen-bond donors (Lipinski definition) is 1. The van der Waals surface area contributed by atoms with Crippen LogP contribution in [0, 0.1) is 0 Å². The van der Waals surface area contributed by atoms with Gasteiger partial charge in [-0.3, -0.25) is 4.79 Å². The summed E-state index contributed by atoms with van der Waals surface area (Å²) in [4.78, 5) is 13.9. The Morgan fingerprint density at radius 2 is 1.86 bits per heavy atom. The summed E-state index contributed by atoms with van der Waals surface area (Å²) in [6, 6.07) is 15.2. The van der Waals surface area contributed by atoms with Crippen LogP contribution in [0.3, 0.4) is 0 Å². The van der Waals surface area contributed by atoms with Crippen molar-refractivity contribution in [1.29, 1.82) is 0 Å². The van der Waals surface area contributed by atoms with Gasteiger partial charge in [0.1, 0.15) is 0 Å². The monoisotopic (exact) mass is 278 g/mol. The van der Waals surface area contributed by atoms with Gasteiger partial charge in [0.05, 0.1) is 11.4 Å². The molecule has 5 nitrogen and oxygen atoms in total. The normalized spacial score (nSPS) is 10.1. The van der Waals surface area contributed by atoms with Crippen molar-refractivity contribution in [2.75, 3.05) is 5.32 Å². The second-order valence-corrected chi connectivity index (χ2v) is 4.39. The standard InChI is InChI=1S/C16H14N4O/c1-12(21)18-15-10-9-14(11-16(15)19-20-17)8-7-13-5-3-2-4-6-13/h2-11H,1H3,(H,18,21)/b8-7+. The highest BCUT2D eigenvalue weighted by molar-refractivity contribution is 5.92. The van der Waals surface area contributed by atoms with Crippen molar-refractivity contribution in [3.63, 3.8) is 0 Å². The van der Waals surface area contributed by atoms with Crippen molar-refractivity contribution < 1.29 is 4.79 Å². The van der Waals surface area contributed by atoms with Gasteiger partial charge in [0.15, 0.2) is 0 Å². The zero-order chi connectivity index (χ0) is 15.1. The average molecular weight is 278 g/mol. The molecule has 0 aliphatic rings. The van der Waals surface area contributed by atoms with Crippen LogP contribution >= 0.6 is 0 Å². The minimum Gasteiger partial charge on any atom is -0.326 e. The summed E-state index contributed by atoms with van der Waals surface area (Å²) in [5, 5.41) is 6.24. The van der Waals surface area contributed by atoms with Gasteiger partial charge in [0, 0.05) is 11.8 Å². The fraction of sp³-hybridized carbons (Fsp3) is 0.0625. The Labute approximate surface area is 122 Å². The third-order valence-electron chi connectivity index (χ3n) is 2.75. The van der Waals surface area contributed by atoms with Gasteiger partial charge in [0.2, 0.25) is 5.91 Å². The molecule has 1 N–H and O–H groups in total. The molecule has 0 unspecified atom stereocenters. The molecule has 0 radical (unpaired) electrons. The molecule has 0 saturated heterocycles. The smallest absolute Gasteiger partial charge is 0.221 e. The van der Waals surface area contributed by atoms with Crippen molar-refractivity contribution in [2.24, 2.45) is 5.11 Å². The maximum Gasteiger partial charge on any atom is 0.221 e. The summed E-state index contributed by atoms with van der Waals surface area (Å²) < 4.78 is 0. The topological polar surface area (TPSA) is 77.9 Å². The van der Waals surface area contributed by atoms with Gasteiger partial charge < -0.3 is 5.32 Å². The summed E-state index contributed by atoms with van der Waals surface area (Å²) in [6.07, 6.45) is 3.89. The van der Waals surface area contributed by atoms with E-state index >= 15 is 0 Å². The zero-order valence-corrected chi connectivity index (χ0v) is 11.5. The van der Waals surface area contributed by atoms with Crippen molar-refractivity contribution in [2.45, 2.75) is 6.92 Å². The number of amides is 1. The molecule has 0 aromatic heterocycles. The van der Waals surface area contributed by atoms with Gasteiger partial charge in [0.25, 0.3) is 0 Å². The van der Waals surface area contributed by atoms with Gasteiger partial charge in [-0.2, -0.15) is 0 Å². The summed E-state index contributed by atoms with van der Waals surface area (Å²) in [6.45, 7) is 1.41. The zero-order valence-electron chi connectivity index (χ0n) is 11.5. The molecular weight excluding hydrogens is 264 g/mol. The third-order valence-corrected chi connectivity index (χ3v) is 2.75. The van der Waals surface area contributed by atoms with E-state index in [0.717, 1.165) is 11.1 Å². The second-order valence-electron chi connectivity index (χ2n) is 4.39. The molecule has 0 atom stereocenters. The average Bonchev–Trinajstić information content (AvgIpc) is 2.48. The lowest BCUT2D eigenvalue weighted by atomic mass is 10.1. The molecule has 0 fully saturated rings. The number of carbonyl (C=O) groups is 1. The van der Waals surface area contributed by atoms with Gasteiger partial charge in [-0.25, -0.2) is 0 Å². The highest BCUT2D eigenvalue weighted by atomic mass is 16.1. The third kappa shape index (κ3) is 4.23. The number of anilines is 1. The summed E-state index contributed by atoms with van der Waals surface area (Å²) in [5.74, 6) is -0.211. The highest BCUT2D eigenvalue weighted by Crippen LogP contribution is 2.27. The van der Waals surface area contributed by atoms with Crippen LogP contribution in [0.2, 0.25) is 0 Å². The number of benzene rings is 2. The molecule has 0 saturated carbocycles. The number of carbonyl (C=O) groups excluding carboxylic acids is 1. The fourth-order valence-electron chi connectivity index (χ4n) is 1.84. The Kier molecular flexibility index (Phi) is 4.75. The SMILES string of the molecule is CC(=O)Nc1ccc(/C=C/c2ccccc2)cc1N=[N+]=[N-]. The molecule has 2 aromatic carbocycles. The van der Waals surface area contributed by atoms with Crippen LogP contribution in [-0.2, 0) is 4.79 Å². The Balaban J connectivity index is 2.29. The lowest BCUT2D eigenvalue weighted by Gasteiger charge is -2.06. The van der Waals surface area contributed by atoms with Crippen LogP contribution in [0.4, 0.5) is 11.4 Å². The first-order valence-corrected chi connectivity index (χ1v) is 6.39. The van der Waals surface area contributed by atoms with E-state index < -0.39 is 0 Å². The quantitative estimate of drug-likeness (QED) is 0.372. The second kappa shape index (κ2) is 6.93. The van der Waals surface area contributed by atoms with Crippen molar-refractivity contribution in [1.82, 2.24) is 0 Å². The number of azide groups is 1. The number of nitrogens with one attached hydrogen (secondary N) is 1. The van der Waals surface area contributed by atoms with E-state index in [4.69, 9.17) is 5.53 Å². The number of hydrogen-bond acceptors (Lipinski definition) is 2. The van der Waals surface area contributed by atoms with Crippen molar-refractivity contribution in [3.05, 3.63) is 70.1 Å². The van der Waals surface area contributed by atoms with Crippen LogP contribution in [0.25, 0.3) is 22.6 Å². The summed E-state index contributed by atoms with van der Waals surface area (Å²) in [5.41, 5.74) is 11.5. The van der Waals surface area contributed by atoms with Crippen LogP contribution in [0.5, 0.6) is 0 Å². The van der Waals surface area contributed by atoms with E-state index in [9.17, 15) is 4.79 Å². The molecule has 2 aromatic rings. The van der Waals surface area contributed by atoms with E-state index in [-0.39, 0.29) is 5.91 Å². The lowest BCUT2D eigenvalue weighted by molar-refractivity contribution is -0.114. The predicted octanol–water partition coefficient (Wildman–Crippen LogP) is 4.76. The minimum absolute atomic E-state index is 0.211. The van der Waals surface area contributed by atoms with Crippen LogP contribution in [0.1, 0.15) is 18.1 Å². The molecule has 0 aliphatic carbocycles. The minimum atomic E-state index is -0.211. The van der Waals surface area contributed by atoms with E-state index in [1.807, 2.05) is 48.6 Å². The Morgan fingerprint density at radius 3 is 2.52 bits per heavy atom. The summed E-state index contributed by atoms with van der Waals surface area (Å²) >= 11 is 0. The van der Waals surface area contributed by atoms with E-state index in [1.54, 1.807) is 12.1 Å². The first-order chi connectivity index (χ1) is 10.2.